The first-order valence-electron chi connectivity index (χ1n) is 10.3. The van der Waals surface area contributed by atoms with Crippen molar-refractivity contribution in [3.05, 3.63) is 35.4 Å². The Morgan fingerprint density at radius 1 is 1.00 bits per heavy atom. The van der Waals surface area contributed by atoms with Gasteiger partial charge in [0.1, 0.15) is 0 Å². The van der Waals surface area contributed by atoms with E-state index in [-0.39, 0.29) is 34.6 Å². The van der Waals surface area contributed by atoms with Crippen molar-refractivity contribution in [3.63, 3.8) is 0 Å². The van der Waals surface area contributed by atoms with Crippen molar-refractivity contribution in [3.8, 4) is 0 Å². The molecule has 8 rings (SSSR count). The summed E-state index contributed by atoms with van der Waals surface area (Å²) < 4.78 is 0. The van der Waals surface area contributed by atoms with Crippen molar-refractivity contribution >= 4 is 11.8 Å². The van der Waals surface area contributed by atoms with E-state index in [0.29, 0.717) is 11.8 Å². The Balaban J connectivity index is 1.07. The summed E-state index contributed by atoms with van der Waals surface area (Å²) in [6.45, 7) is 0.779. The van der Waals surface area contributed by atoms with Crippen LogP contribution in [0.25, 0.3) is 0 Å². The minimum atomic E-state index is 0.0482. The topological polar surface area (TPSA) is 58.2 Å². The monoisotopic (exact) mass is 350 g/mol. The van der Waals surface area contributed by atoms with Crippen LogP contribution in [-0.2, 0) is 9.59 Å². The number of benzene rings is 1. The molecule has 0 spiro atoms. The van der Waals surface area contributed by atoms with Crippen molar-refractivity contribution in [1.82, 2.24) is 10.6 Å². The predicted molar refractivity (Wildman–Crippen MR) is 97.5 cm³/mol. The lowest BCUT2D eigenvalue weighted by Crippen LogP contribution is -2.77. The van der Waals surface area contributed by atoms with Crippen LogP contribution >= 0.6 is 0 Å². The predicted octanol–water partition coefficient (Wildman–Crippen LogP) is 2.84. The second-order valence-electron chi connectivity index (χ2n) is 9.83. The molecule has 0 aliphatic heterocycles. The van der Waals surface area contributed by atoms with Gasteiger partial charge in [0.15, 0.2) is 0 Å². The third-order valence-electron chi connectivity index (χ3n) is 7.81. The van der Waals surface area contributed by atoms with Crippen LogP contribution in [0, 0.1) is 17.3 Å². The molecule has 2 amide bonds. The number of carbonyl (C=O) groups is 2. The SMILES string of the molecule is O=C(NC12CC(CNC(=O)C3c4ccccc4C4CC3C4)(C1)C2)C1CC1. The van der Waals surface area contributed by atoms with Crippen LogP contribution in [0.2, 0.25) is 0 Å². The smallest absolute Gasteiger partial charge is 0.227 e. The molecule has 4 bridgehead atoms. The maximum atomic E-state index is 13.0. The zero-order chi connectivity index (χ0) is 17.5. The van der Waals surface area contributed by atoms with E-state index in [9.17, 15) is 9.59 Å². The summed E-state index contributed by atoms with van der Waals surface area (Å²) in [5.41, 5.74) is 3.00. The number of nitrogens with one attached hydrogen (secondary N) is 2. The Bertz CT molecular complexity index is 786. The van der Waals surface area contributed by atoms with Gasteiger partial charge < -0.3 is 10.6 Å². The molecule has 7 aliphatic rings. The fraction of sp³-hybridized carbons (Fsp3) is 0.636. The molecule has 7 aliphatic carbocycles. The lowest BCUT2D eigenvalue weighted by Gasteiger charge is -2.70. The summed E-state index contributed by atoms with van der Waals surface area (Å²) in [5.74, 6) is 2.05. The maximum absolute atomic E-state index is 13.0. The molecule has 26 heavy (non-hydrogen) atoms. The molecule has 0 saturated heterocycles. The fourth-order valence-corrected chi connectivity index (χ4v) is 6.37. The van der Waals surface area contributed by atoms with E-state index in [1.165, 1.54) is 24.0 Å². The summed E-state index contributed by atoms with van der Waals surface area (Å²) in [5, 5.41) is 6.55. The minimum Gasteiger partial charge on any atom is -0.355 e. The lowest BCUT2D eigenvalue weighted by molar-refractivity contribution is -0.166. The van der Waals surface area contributed by atoms with Gasteiger partial charge in [0.05, 0.1) is 5.92 Å². The summed E-state index contributed by atoms with van der Waals surface area (Å²) >= 11 is 0. The Labute approximate surface area is 154 Å². The van der Waals surface area contributed by atoms with Crippen molar-refractivity contribution in [2.45, 2.75) is 62.3 Å². The first kappa shape index (κ1) is 15.2. The van der Waals surface area contributed by atoms with E-state index >= 15 is 0 Å². The third kappa shape index (κ3) is 2.07. The highest BCUT2D eigenvalue weighted by Gasteiger charge is 2.68. The molecule has 0 heterocycles. The normalized spacial score (nSPS) is 41.0. The third-order valence-corrected chi connectivity index (χ3v) is 7.81. The number of hydrogen-bond donors (Lipinski definition) is 2. The van der Waals surface area contributed by atoms with Crippen molar-refractivity contribution < 1.29 is 9.59 Å². The summed E-state index contributed by atoms with van der Waals surface area (Å²) in [7, 11) is 0. The van der Waals surface area contributed by atoms with E-state index < -0.39 is 0 Å². The highest BCUT2D eigenvalue weighted by molar-refractivity contribution is 5.86. The van der Waals surface area contributed by atoms with Crippen LogP contribution in [0.4, 0.5) is 0 Å². The Morgan fingerprint density at radius 3 is 2.38 bits per heavy atom. The molecular weight excluding hydrogens is 324 g/mol. The second-order valence-corrected chi connectivity index (χ2v) is 9.83. The highest BCUT2D eigenvalue weighted by atomic mass is 16.2. The van der Waals surface area contributed by atoms with Crippen LogP contribution in [0.5, 0.6) is 0 Å². The van der Waals surface area contributed by atoms with Crippen LogP contribution in [0.15, 0.2) is 24.3 Å². The van der Waals surface area contributed by atoms with E-state index in [2.05, 4.69) is 34.9 Å². The standard InChI is InChI=1S/C22H26N2O2/c25-19(13-5-6-13)24-22-9-21(10-22,11-22)12-23-20(26)18-15-7-14(8-15)16-3-1-2-4-17(16)18/h1-4,13-15,18H,5-12H2,(H,23,26)(H,24,25). The highest BCUT2D eigenvalue weighted by Crippen LogP contribution is 2.67. The van der Waals surface area contributed by atoms with Gasteiger partial charge in [-0.3, -0.25) is 9.59 Å². The van der Waals surface area contributed by atoms with Gasteiger partial charge in [-0.25, -0.2) is 0 Å². The van der Waals surface area contributed by atoms with Gasteiger partial charge in [-0.15, -0.1) is 0 Å². The van der Waals surface area contributed by atoms with Crippen LogP contribution < -0.4 is 10.6 Å². The molecule has 0 aromatic heterocycles. The van der Waals surface area contributed by atoms with Crippen LogP contribution in [0.3, 0.4) is 0 Å². The van der Waals surface area contributed by atoms with E-state index in [1.807, 2.05) is 0 Å². The van der Waals surface area contributed by atoms with E-state index in [0.717, 1.165) is 38.6 Å². The van der Waals surface area contributed by atoms with Gasteiger partial charge in [0, 0.05) is 18.0 Å². The van der Waals surface area contributed by atoms with Crippen LogP contribution in [-0.4, -0.2) is 23.9 Å². The second kappa shape index (κ2) is 4.90. The Morgan fingerprint density at radius 2 is 1.69 bits per heavy atom. The number of amides is 2. The van der Waals surface area contributed by atoms with E-state index in [1.54, 1.807) is 0 Å². The van der Waals surface area contributed by atoms with Crippen molar-refractivity contribution in [2.75, 3.05) is 6.54 Å². The fourth-order valence-electron chi connectivity index (χ4n) is 6.37. The number of hydrogen-bond acceptors (Lipinski definition) is 2. The van der Waals surface area contributed by atoms with Gasteiger partial charge in [0.2, 0.25) is 11.8 Å². The quantitative estimate of drug-likeness (QED) is 0.858. The lowest BCUT2D eigenvalue weighted by atomic mass is 9.39. The zero-order valence-electron chi connectivity index (χ0n) is 15.1. The van der Waals surface area contributed by atoms with Crippen molar-refractivity contribution in [2.24, 2.45) is 17.3 Å². The van der Waals surface area contributed by atoms with Gasteiger partial charge in [-0.2, -0.15) is 0 Å². The zero-order valence-corrected chi connectivity index (χ0v) is 15.1. The maximum Gasteiger partial charge on any atom is 0.227 e. The Kier molecular flexibility index (Phi) is 2.87. The molecule has 1 aromatic rings. The number of rotatable bonds is 5. The van der Waals surface area contributed by atoms with Gasteiger partial charge in [0.25, 0.3) is 0 Å². The first-order chi connectivity index (χ1) is 12.6. The van der Waals surface area contributed by atoms with Gasteiger partial charge in [-0.1, -0.05) is 24.3 Å². The van der Waals surface area contributed by atoms with E-state index in [4.69, 9.17) is 0 Å². The molecule has 2 N–H and O–H groups in total. The molecule has 5 saturated carbocycles. The Hall–Kier alpha value is -1.84. The van der Waals surface area contributed by atoms with Gasteiger partial charge >= 0.3 is 0 Å². The summed E-state index contributed by atoms with van der Waals surface area (Å²) in [6, 6.07) is 8.53. The molecule has 0 radical (unpaired) electrons. The number of carbonyl (C=O) groups excluding carboxylic acids is 2. The first-order valence-corrected chi connectivity index (χ1v) is 10.3. The molecule has 1 aromatic carbocycles. The molecule has 4 nitrogen and oxygen atoms in total. The summed E-state index contributed by atoms with van der Waals surface area (Å²) in [4.78, 5) is 25.0. The van der Waals surface area contributed by atoms with Crippen LogP contribution in [0.1, 0.15) is 67.9 Å². The van der Waals surface area contributed by atoms with Crippen molar-refractivity contribution in [1.29, 1.82) is 0 Å². The average Bonchev–Trinajstić information content (AvgIpc) is 3.38. The molecule has 136 valence electrons. The molecule has 1 unspecified atom stereocenters. The summed E-state index contributed by atoms with van der Waals surface area (Å²) in [6.07, 6.45) is 7.62. The van der Waals surface area contributed by atoms with Gasteiger partial charge in [-0.05, 0) is 73.3 Å². The molecule has 1 atom stereocenters. The minimum absolute atomic E-state index is 0.0482. The largest absolute Gasteiger partial charge is 0.355 e. The molecule has 5 fully saturated rings. The molecular formula is C22H26N2O2. The molecule has 4 heteroatoms. The average molecular weight is 350 g/mol.